The van der Waals surface area contributed by atoms with Crippen LogP contribution in [-0.4, -0.2) is 18.2 Å². The third kappa shape index (κ3) is 2.62. The fourth-order valence-electron chi connectivity index (χ4n) is 2.13. The minimum absolute atomic E-state index is 0.276. The molecule has 1 aliphatic rings. The molecule has 2 N–H and O–H groups in total. The highest BCUT2D eigenvalue weighted by atomic mass is 79.9. The summed E-state index contributed by atoms with van der Waals surface area (Å²) in [6, 6.07) is 4.72. The molecule has 2 rings (SSSR count). The molecule has 1 aromatic carbocycles. The molecule has 4 heteroatoms. The second-order valence-corrected chi connectivity index (χ2v) is 5.06. The van der Waals surface area contributed by atoms with Gasteiger partial charge in [-0.25, -0.2) is 4.39 Å². The molecule has 1 aromatic rings. The van der Waals surface area contributed by atoms with Gasteiger partial charge in [-0.05, 0) is 65.5 Å². The lowest BCUT2D eigenvalue weighted by atomic mass is 9.88. The lowest BCUT2D eigenvalue weighted by molar-refractivity contribution is 0.0888. The Morgan fingerprint density at radius 2 is 2.06 bits per heavy atom. The second-order valence-electron chi connectivity index (χ2n) is 4.21. The molecular formula is C12H15BrFNO. The van der Waals surface area contributed by atoms with E-state index in [-0.39, 0.29) is 11.7 Å². The van der Waals surface area contributed by atoms with Gasteiger partial charge in [-0.1, -0.05) is 6.07 Å². The van der Waals surface area contributed by atoms with Crippen molar-refractivity contribution in [2.75, 3.05) is 13.1 Å². The topological polar surface area (TPSA) is 32.3 Å². The van der Waals surface area contributed by atoms with Crippen molar-refractivity contribution in [1.82, 2.24) is 5.32 Å². The maximum Gasteiger partial charge on any atom is 0.137 e. The van der Waals surface area contributed by atoms with Crippen molar-refractivity contribution in [3.8, 4) is 0 Å². The Labute approximate surface area is 103 Å². The number of benzene rings is 1. The number of hydrogen-bond acceptors (Lipinski definition) is 2. The summed E-state index contributed by atoms with van der Waals surface area (Å²) in [5.41, 5.74) is 0.792. The minimum atomic E-state index is -0.487. The van der Waals surface area contributed by atoms with E-state index in [1.807, 2.05) is 0 Å². The van der Waals surface area contributed by atoms with Gasteiger partial charge in [0.2, 0.25) is 0 Å². The van der Waals surface area contributed by atoms with Crippen molar-refractivity contribution in [2.45, 2.75) is 18.9 Å². The first-order valence-corrected chi connectivity index (χ1v) is 6.31. The van der Waals surface area contributed by atoms with Crippen LogP contribution in [0.4, 0.5) is 4.39 Å². The summed E-state index contributed by atoms with van der Waals surface area (Å²) < 4.78 is 13.5. The van der Waals surface area contributed by atoms with Crippen LogP contribution in [0.15, 0.2) is 22.7 Å². The number of rotatable bonds is 2. The molecule has 1 aliphatic heterocycles. The molecule has 0 aliphatic carbocycles. The van der Waals surface area contributed by atoms with Gasteiger partial charge >= 0.3 is 0 Å². The first kappa shape index (κ1) is 12.0. The van der Waals surface area contributed by atoms with Crippen molar-refractivity contribution in [1.29, 1.82) is 0 Å². The van der Waals surface area contributed by atoms with Gasteiger partial charge in [-0.15, -0.1) is 0 Å². The van der Waals surface area contributed by atoms with Crippen molar-refractivity contribution in [3.63, 3.8) is 0 Å². The Kier molecular flexibility index (Phi) is 3.95. The van der Waals surface area contributed by atoms with Crippen LogP contribution >= 0.6 is 15.9 Å². The fraction of sp³-hybridized carbons (Fsp3) is 0.500. The molecule has 0 amide bonds. The Morgan fingerprint density at radius 3 is 2.69 bits per heavy atom. The lowest BCUT2D eigenvalue weighted by Crippen LogP contribution is -2.30. The van der Waals surface area contributed by atoms with Gasteiger partial charge in [0.05, 0.1) is 10.6 Å². The van der Waals surface area contributed by atoms with Crippen LogP contribution in [0.25, 0.3) is 0 Å². The zero-order valence-electron chi connectivity index (χ0n) is 8.92. The molecule has 1 atom stereocenters. The van der Waals surface area contributed by atoms with Gasteiger partial charge < -0.3 is 10.4 Å². The summed E-state index contributed by atoms with van der Waals surface area (Å²) in [4.78, 5) is 0. The Bertz CT molecular complexity index is 366. The van der Waals surface area contributed by atoms with Crippen LogP contribution in [0.3, 0.4) is 0 Å². The van der Waals surface area contributed by atoms with Crippen LogP contribution in [0, 0.1) is 11.7 Å². The van der Waals surface area contributed by atoms with Gasteiger partial charge in [-0.3, -0.25) is 0 Å². The Hall–Kier alpha value is -0.450. The predicted molar refractivity (Wildman–Crippen MR) is 64.7 cm³/mol. The highest BCUT2D eigenvalue weighted by molar-refractivity contribution is 9.10. The summed E-state index contributed by atoms with van der Waals surface area (Å²) in [5.74, 6) is -0.0140. The predicted octanol–water partition coefficient (Wildman–Crippen LogP) is 2.62. The fourth-order valence-corrected chi connectivity index (χ4v) is 2.53. The van der Waals surface area contributed by atoms with Gasteiger partial charge in [0.1, 0.15) is 5.82 Å². The highest BCUT2D eigenvalue weighted by Crippen LogP contribution is 2.30. The molecule has 1 heterocycles. The van der Waals surface area contributed by atoms with Crippen LogP contribution in [0.2, 0.25) is 0 Å². The van der Waals surface area contributed by atoms with E-state index in [4.69, 9.17) is 0 Å². The van der Waals surface area contributed by atoms with Gasteiger partial charge in [-0.2, -0.15) is 0 Å². The normalized spacial score (nSPS) is 19.7. The van der Waals surface area contributed by atoms with Crippen LogP contribution in [0.5, 0.6) is 0 Å². The molecule has 2 nitrogen and oxygen atoms in total. The molecule has 0 bridgehead atoms. The smallest absolute Gasteiger partial charge is 0.137 e. The minimum Gasteiger partial charge on any atom is -0.388 e. The molecule has 0 saturated carbocycles. The molecule has 1 saturated heterocycles. The van der Waals surface area contributed by atoms with E-state index in [0.29, 0.717) is 4.47 Å². The molecular weight excluding hydrogens is 273 g/mol. The molecule has 0 radical (unpaired) electrons. The summed E-state index contributed by atoms with van der Waals surface area (Å²) in [7, 11) is 0. The van der Waals surface area contributed by atoms with Gasteiger partial charge in [0, 0.05) is 0 Å². The van der Waals surface area contributed by atoms with E-state index in [2.05, 4.69) is 21.2 Å². The maximum atomic E-state index is 13.1. The van der Waals surface area contributed by atoms with E-state index >= 15 is 0 Å². The highest BCUT2D eigenvalue weighted by Gasteiger charge is 2.23. The molecule has 1 fully saturated rings. The Balaban J connectivity index is 2.12. The van der Waals surface area contributed by atoms with Crippen LogP contribution < -0.4 is 5.32 Å². The number of piperidine rings is 1. The van der Waals surface area contributed by atoms with Crippen LogP contribution in [-0.2, 0) is 0 Å². The number of aliphatic hydroxyl groups excluding tert-OH is 1. The van der Waals surface area contributed by atoms with E-state index in [0.717, 1.165) is 31.5 Å². The second kappa shape index (κ2) is 5.25. The monoisotopic (exact) mass is 287 g/mol. The molecule has 88 valence electrons. The summed E-state index contributed by atoms with van der Waals surface area (Å²) >= 11 is 3.14. The molecule has 16 heavy (non-hydrogen) atoms. The van der Waals surface area contributed by atoms with Crippen molar-refractivity contribution >= 4 is 15.9 Å². The SMILES string of the molecule is OC(c1ccc(F)c(Br)c1)C1CCNCC1. The van der Waals surface area contributed by atoms with Crippen molar-refractivity contribution < 1.29 is 9.50 Å². The Morgan fingerprint density at radius 1 is 1.38 bits per heavy atom. The molecule has 0 aromatic heterocycles. The largest absolute Gasteiger partial charge is 0.388 e. The lowest BCUT2D eigenvalue weighted by Gasteiger charge is -2.27. The van der Waals surface area contributed by atoms with E-state index in [9.17, 15) is 9.50 Å². The van der Waals surface area contributed by atoms with Gasteiger partial charge in [0.25, 0.3) is 0 Å². The number of halogens is 2. The summed E-state index contributed by atoms with van der Waals surface area (Å²) in [5, 5.41) is 13.5. The quantitative estimate of drug-likeness (QED) is 0.877. The average Bonchev–Trinajstić information content (AvgIpc) is 2.33. The van der Waals surface area contributed by atoms with Gasteiger partial charge in [0.15, 0.2) is 0 Å². The number of nitrogens with one attached hydrogen (secondary N) is 1. The maximum absolute atomic E-state index is 13.1. The van der Waals surface area contributed by atoms with Crippen molar-refractivity contribution in [2.24, 2.45) is 5.92 Å². The van der Waals surface area contributed by atoms with E-state index < -0.39 is 6.10 Å². The average molecular weight is 288 g/mol. The molecule has 1 unspecified atom stereocenters. The number of aliphatic hydroxyl groups is 1. The number of hydrogen-bond donors (Lipinski definition) is 2. The van der Waals surface area contributed by atoms with Crippen molar-refractivity contribution in [3.05, 3.63) is 34.1 Å². The summed E-state index contributed by atoms with van der Waals surface area (Å²) in [6.07, 6.45) is 1.45. The summed E-state index contributed by atoms with van der Waals surface area (Å²) in [6.45, 7) is 1.90. The standard InChI is InChI=1S/C12H15BrFNO/c13-10-7-9(1-2-11(10)14)12(16)8-3-5-15-6-4-8/h1-2,7-8,12,15-16H,3-6H2. The third-order valence-corrected chi connectivity index (χ3v) is 3.72. The first-order valence-electron chi connectivity index (χ1n) is 5.52. The first-order chi connectivity index (χ1) is 7.68. The molecule has 0 spiro atoms. The zero-order chi connectivity index (χ0) is 11.5. The third-order valence-electron chi connectivity index (χ3n) is 3.12. The van der Waals surface area contributed by atoms with E-state index in [1.54, 1.807) is 12.1 Å². The van der Waals surface area contributed by atoms with Crippen LogP contribution in [0.1, 0.15) is 24.5 Å². The van der Waals surface area contributed by atoms with E-state index in [1.165, 1.54) is 6.07 Å². The zero-order valence-corrected chi connectivity index (χ0v) is 10.5.